The van der Waals surface area contributed by atoms with Crippen molar-refractivity contribution >= 4 is 11.6 Å². The fourth-order valence-corrected chi connectivity index (χ4v) is 1.55. The van der Waals surface area contributed by atoms with Crippen molar-refractivity contribution in [2.45, 2.75) is 6.61 Å². The summed E-state index contributed by atoms with van der Waals surface area (Å²) in [5, 5.41) is 0.723. The van der Waals surface area contributed by atoms with Gasteiger partial charge in [-0.1, -0.05) is 29.8 Å². The smallest absolute Gasteiger partial charge is 0.161 e. The molecule has 3 heteroatoms. The molecule has 0 aliphatic rings. The van der Waals surface area contributed by atoms with Crippen molar-refractivity contribution in [2.75, 3.05) is 7.11 Å². The molecule has 0 heterocycles. The first-order valence-corrected chi connectivity index (χ1v) is 5.59. The molecule has 0 N–H and O–H groups in total. The van der Waals surface area contributed by atoms with Crippen LogP contribution < -0.4 is 9.47 Å². The molecule has 0 amide bonds. The van der Waals surface area contributed by atoms with E-state index in [-0.39, 0.29) is 0 Å². The van der Waals surface area contributed by atoms with Crippen LogP contribution in [0.15, 0.2) is 42.5 Å². The zero-order valence-corrected chi connectivity index (χ0v) is 10.2. The van der Waals surface area contributed by atoms with Crippen LogP contribution >= 0.6 is 11.6 Å². The predicted octanol–water partition coefficient (Wildman–Crippen LogP) is 3.73. The molecule has 0 saturated carbocycles. The molecule has 0 saturated heterocycles. The molecule has 2 nitrogen and oxygen atoms in total. The predicted molar refractivity (Wildman–Crippen MR) is 67.6 cm³/mol. The van der Waals surface area contributed by atoms with E-state index in [9.17, 15) is 0 Å². The standard InChI is InChI=1S/C14H12ClO2/c1-16-13-4-2-3-5-14(13)17-10-11-6-8-12(15)9-7-11/h3-9H,10H2,1H3. The van der Waals surface area contributed by atoms with Crippen molar-refractivity contribution < 1.29 is 9.47 Å². The van der Waals surface area contributed by atoms with E-state index >= 15 is 0 Å². The molecule has 0 aromatic heterocycles. The third-order valence-electron chi connectivity index (χ3n) is 2.32. The van der Waals surface area contributed by atoms with Gasteiger partial charge in [-0.2, -0.15) is 0 Å². The Bertz CT molecular complexity index is 480. The number of ether oxygens (including phenoxy) is 2. The summed E-state index contributed by atoms with van der Waals surface area (Å²) in [6.45, 7) is 0.484. The molecule has 2 aromatic rings. The summed E-state index contributed by atoms with van der Waals surface area (Å²) in [5.74, 6) is 1.39. The zero-order chi connectivity index (χ0) is 12.1. The minimum atomic E-state index is 0.484. The van der Waals surface area contributed by atoms with Crippen molar-refractivity contribution in [2.24, 2.45) is 0 Å². The van der Waals surface area contributed by atoms with E-state index in [1.807, 2.05) is 30.3 Å². The lowest BCUT2D eigenvalue weighted by atomic mass is 10.2. The van der Waals surface area contributed by atoms with Crippen molar-refractivity contribution in [1.29, 1.82) is 0 Å². The van der Waals surface area contributed by atoms with Crippen LogP contribution in [0.25, 0.3) is 0 Å². The minimum absolute atomic E-state index is 0.484. The molecule has 87 valence electrons. The van der Waals surface area contributed by atoms with Gasteiger partial charge in [0.15, 0.2) is 11.5 Å². The van der Waals surface area contributed by atoms with E-state index in [1.54, 1.807) is 19.2 Å². The van der Waals surface area contributed by atoms with Crippen LogP contribution in [0.3, 0.4) is 0 Å². The molecule has 0 fully saturated rings. The van der Waals surface area contributed by atoms with Crippen molar-refractivity contribution in [1.82, 2.24) is 0 Å². The fraction of sp³-hybridized carbons (Fsp3) is 0.143. The summed E-state index contributed by atoms with van der Waals surface area (Å²) < 4.78 is 10.8. The van der Waals surface area contributed by atoms with Crippen LogP contribution in [-0.4, -0.2) is 7.11 Å². The van der Waals surface area contributed by atoms with E-state index in [4.69, 9.17) is 21.1 Å². The molecule has 0 unspecified atom stereocenters. The molecule has 17 heavy (non-hydrogen) atoms. The minimum Gasteiger partial charge on any atom is -0.493 e. The first-order chi connectivity index (χ1) is 8.29. The summed E-state index contributed by atoms with van der Waals surface area (Å²) in [7, 11) is 1.61. The number of halogens is 1. The SMILES string of the molecule is COc1c[c]ccc1OCc1ccc(Cl)cc1. The summed E-state index contributed by atoms with van der Waals surface area (Å²) >= 11 is 5.81. The van der Waals surface area contributed by atoms with Gasteiger partial charge in [-0.05, 0) is 35.9 Å². The first kappa shape index (κ1) is 11.8. The third-order valence-corrected chi connectivity index (χ3v) is 2.57. The molecule has 0 aliphatic heterocycles. The normalized spacial score (nSPS) is 10.0. The number of hydrogen-bond donors (Lipinski definition) is 0. The van der Waals surface area contributed by atoms with Crippen LogP contribution in [-0.2, 0) is 6.61 Å². The third kappa shape index (κ3) is 3.14. The average molecular weight is 248 g/mol. The van der Waals surface area contributed by atoms with Crippen molar-refractivity contribution in [3.8, 4) is 11.5 Å². The highest BCUT2D eigenvalue weighted by Gasteiger charge is 2.02. The molecule has 2 aromatic carbocycles. The Hall–Kier alpha value is -1.67. The van der Waals surface area contributed by atoms with Gasteiger partial charge in [0.25, 0.3) is 0 Å². The molecule has 0 bridgehead atoms. The van der Waals surface area contributed by atoms with E-state index in [0.29, 0.717) is 18.1 Å². The van der Waals surface area contributed by atoms with E-state index in [2.05, 4.69) is 6.07 Å². The molecule has 1 radical (unpaired) electrons. The molecule has 2 rings (SSSR count). The Morgan fingerprint density at radius 2 is 1.88 bits per heavy atom. The van der Waals surface area contributed by atoms with Crippen molar-refractivity contribution in [3.05, 3.63) is 59.1 Å². The second-order valence-corrected chi connectivity index (χ2v) is 3.93. The summed E-state index contributed by atoms with van der Waals surface area (Å²) in [6.07, 6.45) is 0. The molecule has 0 aliphatic carbocycles. The molecular weight excluding hydrogens is 236 g/mol. The van der Waals surface area contributed by atoms with Gasteiger partial charge in [-0.3, -0.25) is 0 Å². The average Bonchev–Trinajstić information content (AvgIpc) is 2.38. The maximum Gasteiger partial charge on any atom is 0.161 e. The van der Waals surface area contributed by atoms with Crippen LogP contribution in [0.1, 0.15) is 5.56 Å². The van der Waals surface area contributed by atoms with Gasteiger partial charge in [0.1, 0.15) is 6.61 Å². The van der Waals surface area contributed by atoms with E-state index in [1.165, 1.54) is 0 Å². The maximum absolute atomic E-state index is 5.81. The Morgan fingerprint density at radius 3 is 2.59 bits per heavy atom. The van der Waals surface area contributed by atoms with Gasteiger partial charge >= 0.3 is 0 Å². The van der Waals surface area contributed by atoms with Crippen LogP contribution in [0.5, 0.6) is 11.5 Å². The van der Waals surface area contributed by atoms with Crippen LogP contribution in [0.4, 0.5) is 0 Å². The monoisotopic (exact) mass is 247 g/mol. The van der Waals surface area contributed by atoms with Gasteiger partial charge in [-0.25, -0.2) is 0 Å². The lowest BCUT2D eigenvalue weighted by Crippen LogP contribution is -1.97. The summed E-state index contributed by atoms with van der Waals surface area (Å²) in [4.78, 5) is 0. The zero-order valence-electron chi connectivity index (χ0n) is 9.44. The Morgan fingerprint density at radius 1 is 1.12 bits per heavy atom. The van der Waals surface area contributed by atoms with Gasteiger partial charge in [0.2, 0.25) is 0 Å². The topological polar surface area (TPSA) is 18.5 Å². The molecular formula is C14H12ClO2. The highest BCUT2D eigenvalue weighted by molar-refractivity contribution is 6.30. The second-order valence-electron chi connectivity index (χ2n) is 3.49. The van der Waals surface area contributed by atoms with E-state index < -0.39 is 0 Å². The molecule has 0 atom stereocenters. The lowest BCUT2D eigenvalue weighted by Gasteiger charge is -2.10. The van der Waals surface area contributed by atoms with Crippen LogP contribution in [0, 0.1) is 6.07 Å². The molecule has 0 spiro atoms. The van der Waals surface area contributed by atoms with Gasteiger partial charge in [0, 0.05) is 5.02 Å². The highest BCUT2D eigenvalue weighted by atomic mass is 35.5. The van der Waals surface area contributed by atoms with Gasteiger partial charge in [-0.15, -0.1) is 0 Å². The van der Waals surface area contributed by atoms with Gasteiger partial charge in [0.05, 0.1) is 7.11 Å². The second kappa shape index (κ2) is 5.60. The summed E-state index contributed by atoms with van der Waals surface area (Å²) in [5.41, 5.74) is 1.06. The Kier molecular flexibility index (Phi) is 3.89. The number of benzene rings is 2. The number of hydrogen-bond acceptors (Lipinski definition) is 2. The lowest BCUT2D eigenvalue weighted by molar-refractivity contribution is 0.284. The van der Waals surface area contributed by atoms with Gasteiger partial charge < -0.3 is 9.47 Å². The Balaban J connectivity index is 2.04. The summed E-state index contributed by atoms with van der Waals surface area (Å²) in [6, 6.07) is 15.9. The largest absolute Gasteiger partial charge is 0.493 e. The first-order valence-electron chi connectivity index (χ1n) is 5.21. The Labute approximate surface area is 106 Å². The quantitative estimate of drug-likeness (QED) is 0.820. The van der Waals surface area contributed by atoms with Crippen LogP contribution in [0.2, 0.25) is 5.02 Å². The number of methoxy groups -OCH3 is 1. The van der Waals surface area contributed by atoms with Crippen molar-refractivity contribution in [3.63, 3.8) is 0 Å². The van der Waals surface area contributed by atoms with E-state index in [0.717, 1.165) is 10.6 Å². The number of rotatable bonds is 4. The fourth-order valence-electron chi connectivity index (χ4n) is 1.42. The maximum atomic E-state index is 5.81. The highest BCUT2D eigenvalue weighted by Crippen LogP contribution is 2.26.